The van der Waals surface area contributed by atoms with Crippen LogP contribution in [0.1, 0.15) is 18.5 Å². The highest BCUT2D eigenvalue weighted by Crippen LogP contribution is 2.22. The third-order valence-electron chi connectivity index (χ3n) is 3.07. The summed E-state index contributed by atoms with van der Waals surface area (Å²) in [4.78, 5) is 2.46. The van der Waals surface area contributed by atoms with E-state index in [9.17, 15) is 5.11 Å². The molecule has 1 aliphatic heterocycles. The molecular formula is C12H18N2O. The van der Waals surface area contributed by atoms with E-state index < -0.39 is 0 Å². The van der Waals surface area contributed by atoms with E-state index in [0.29, 0.717) is 11.8 Å². The second kappa shape index (κ2) is 4.64. The zero-order chi connectivity index (χ0) is 10.7. The van der Waals surface area contributed by atoms with Crippen molar-refractivity contribution >= 4 is 0 Å². The van der Waals surface area contributed by atoms with Gasteiger partial charge < -0.3 is 10.4 Å². The molecule has 1 heterocycles. The standard InChI is InChI=1S/C12H18N2O/c1-10(14-8-6-13-7-9-14)11-2-4-12(15)5-3-11/h2-5,10,13,15H,6-9H2,1H3/t10-/m1/s1. The molecule has 0 amide bonds. The van der Waals surface area contributed by atoms with Crippen LogP contribution < -0.4 is 5.32 Å². The average molecular weight is 206 g/mol. The summed E-state index contributed by atoms with van der Waals surface area (Å²) < 4.78 is 0. The van der Waals surface area contributed by atoms with Crippen molar-refractivity contribution in [2.75, 3.05) is 26.2 Å². The maximum Gasteiger partial charge on any atom is 0.115 e. The Morgan fingerprint density at radius 3 is 2.40 bits per heavy atom. The minimum Gasteiger partial charge on any atom is -0.508 e. The van der Waals surface area contributed by atoms with Crippen LogP contribution in [0, 0.1) is 0 Å². The highest BCUT2D eigenvalue weighted by molar-refractivity contribution is 5.27. The van der Waals surface area contributed by atoms with Gasteiger partial charge in [-0.2, -0.15) is 0 Å². The molecule has 2 rings (SSSR count). The third-order valence-corrected chi connectivity index (χ3v) is 3.07. The molecular weight excluding hydrogens is 188 g/mol. The molecule has 1 aromatic carbocycles. The Labute approximate surface area is 90.7 Å². The Hall–Kier alpha value is -1.06. The van der Waals surface area contributed by atoms with Crippen LogP contribution in [-0.4, -0.2) is 36.2 Å². The minimum atomic E-state index is 0.339. The quantitative estimate of drug-likeness (QED) is 0.767. The summed E-state index contributed by atoms with van der Waals surface area (Å²) in [5, 5.41) is 12.6. The average Bonchev–Trinajstić information content (AvgIpc) is 2.30. The van der Waals surface area contributed by atoms with Gasteiger partial charge >= 0.3 is 0 Å². The van der Waals surface area contributed by atoms with E-state index in [2.05, 4.69) is 17.1 Å². The monoisotopic (exact) mass is 206 g/mol. The number of aromatic hydroxyl groups is 1. The SMILES string of the molecule is C[C@H](c1ccc(O)cc1)N1CCNCC1. The lowest BCUT2D eigenvalue weighted by molar-refractivity contribution is 0.185. The van der Waals surface area contributed by atoms with E-state index in [4.69, 9.17) is 0 Å². The maximum atomic E-state index is 9.23. The van der Waals surface area contributed by atoms with E-state index in [0.717, 1.165) is 26.2 Å². The van der Waals surface area contributed by atoms with Crippen LogP contribution in [0.5, 0.6) is 5.75 Å². The first kappa shape index (κ1) is 10.5. The number of hydrogen-bond donors (Lipinski definition) is 2. The molecule has 0 aromatic heterocycles. The summed E-state index contributed by atoms with van der Waals surface area (Å²) in [7, 11) is 0. The molecule has 1 atom stereocenters. The van der Waals surface area contributed by atoms with Gasteiger partial charge in [0.25, 0.3) is 0 Å². The number of piperazine rings is 1. The van der Waals surface area contributed by atoms with Crippen molar-refractivity contribution in [1.29, 1.82) is 0 Å². The Bertz CT molecular complexity index is 304. The second-order valence-corrected chi connectivity index (χ2v) is 4.05. The van der Waals surface area contributed by atoms with E-state index in [-0.39, 0.29) is 0 Å². The number of hydrogen-bond acceptors (Lipinski definition) is 3. The first-order chi connectivity index (χ1) is 7.27. The van der Waals surface area contributed by atoms with Gasteiger partial charge in [-0.3, -0.25) is 4.90 Å². The topological polar surface area (TPSA) is 35.5 Å². The highest BCUT2D eigenvalue weighted by atomic mass is 16.3. The van der Waals surface area contributed by atoms with Gasteiger partial charge in [-0.05, 0) is 24.6 Å². The van der Waals surface area contributed by atoms with Crippen LogP contribution in [0.3, 0.4) is 0 Å². The largest absolute Gasteiger partial charge is 0.508 e. The van der Waals surface area contributed by atoms with Crippen LogP contribution in [0.15, 0.2) is 24.3 Å². The molecule has 3 nitrogen and oxygen atoms in total. The molecule has 82 valence electrons. The molecule has 1 saturated heterocycles. The Balaban J connectivity index is 2.05. The fraction of sp³-hybridized carbons (Fsp3) is 0.500. The van der Waals surface area contributed by atoms with Crippen LogP contribution >= 0.6 is 0 Å². The van der Waals surface area contributed by atoms with Crippen LogP contribution in [0.2, 0.25) is 0 Å². The normalized spacial score (nSPS) is 20.1. The van der Waals surface area contributed by atoms with Crippen LogP contribution in [0.25, 0.3) is 0 Å². The predicted octanol–water partition coefficient (Wildman–Crippen LogP) is 1.36. The van der Waals surface area contributed by atoms with Crippen molar-refractivity contribution < 1.29 is 5.11 Å². The fourth-order valence-corrected chi connectivity index (χ4v) is 2.03. The van der Waals surface area contributed by atoms with Gasteiger partial charge in [0.2, 0.25) is 0 Å². The zero-order valence-electron chi connectivity index (χ0n) is 9.11. The minimum absolute atomic E-state index is 0.339. The van der Waals surface area contributed by atoms with Gasteiger partial charge in [0.15, 0.2) is 0 Å². The highest BCUT2D eigenvalue weighted by Gasteiger charge is 2.17. The number of phenolic OH excluding ortho intramolecular Hbond substituents is 1. The van der Waals surface area contributed by atoms with E-state index in [1.54, 1.807) is 12.1 Å². The van der Waals surface area contributed by atoms with Gasteiger partial charge in [-0.25, -0.2) is 0 Å². The van der Waals surface area contributed by atoms with Crippen molar-refractivity contribution in [3.05, 3.63) is 29.8 Å². The Morgan fingerprint density at radius 2 is 1.80 bits per heavy atom. The molecule has 0 spiro atoms. The number of benzene rings is 1. The van der Waals surface area contributed by atoms with E-state index in [1.165, 1.54) is 5.56 Å². The Kier molecular flexibility index (Phi) is 3.23. The van der Waals surface area contributed by atoms with Crippen LogP contribution in [0.4, 0.5) is 0 Å². The van der Waals surface area contributed by atoms with Crippen LogP contribution in [-0.2, 0) is 0 Å². The van der Waals surface area contributed by atoms with Crippen molar-refractivity contribution in [3.63, 3.8) is 0 Å². The first-order valence-electron chi connectivity index (χ1n) is 5.51. The van der Waals surface area contributed by atoms with Crippen molar-refractivity contribution in [1.82, 2.24) is 10.2 Å². The summed E-state index contributed by atoms with van der Waals surface area (Å²) in [5.74, 6) is 0.339. The number of phenols is 1. The Morgan fingerprint density at radius 1 is 1.20 bits per heavy atom. The summed E-state index contributed by atoms with van der Waals surface area (Å²) in [6.45, 7) is 6.56. The number of rotatable bonds is 2. The second-order valence-electron chi connectivity index (χ2n) is 4.05. The molecule has 0 unspecified atom stereocenters. The lowest BCUT2D eigenvalue weighted by Crippen LogP contribution is -2.44. The molecule has 2 N–H and O–H groups in total. The van der Waals surface area contributed by atoms with Crippen molar-refractivity contribution in [3.8, 4) is 5.75 Å². The van der Waals surface area contributed by atoms with Gasteiger partial charge in [0.1, 0.15) is 5.75 Å². The van der Waals surface area contributed by atoms with Gasteiger partial charge in [0.05, 0.1) is 0 Å². The lowest BCUT2D eigenvalue weighted by atomic mass is 10.1. The lowest BCUT2D eigenvalue weighted by Gasteiger charge is -2.33. The predicted molar refractivity (Wildman–Crippen MR) is 61.0 cm³/mol. The fourth-order valence-electron chi connectivity index (χ4n) is 2.03. The zero-order valence-corrected chi connectivity index (χ0v) is 9.11. The van der Waals surface area contributed by atoms with Gasteiger partial charge in [0, 0.05) is 32.2 Å². The third kappa shape index (κ3) is 2.49. The maximum absolute atomic E-state index is 9.23. The van der Waals surface area contributed by atoms with Gasteiger partial charge in [-0.15, -0.1) is 0 Å². The van der Waals surface area contributed by atoms with E-state index in [1.807, 2.05) is 12.1 Å². The molecule has 3 heteroatoms. The number of nitrogens with zero attached hydrogens (tertiary/aromatic N) is 1. The van der Waals surface area contributed by atoms with Crippen molar-refractivity contribution in [2.45, 2.75) is 13.0 Å². The molecule has 0 bridgehead atoms. The summed E-state index contributed by atoms with van der Waals surface area (Å²) in [6.07, 6.45) is 0. The molecule has 1 aromatic rings. The molecule has 1 fully saturated rings. The smallest absolute Gasteiger partial charge is 0.115 e. The van der Waals surface area contributed by atoms with Crippen molar-refractivity contribution in [2.24, 2.45) is 0 Å². The summed E-state index contributed by atoms with van der Waals surface area (Å²) in [5.41, 5.74) is 1.27. The van der Waals surface area contributed by atoms with Gasteiger partial charge in [-0.1, -0.05) is 12.1 Å². The molecule has 0 radical (unpaired) electrons. The summed E-state index contributed by atoms with van der Waals surface area (Å²) in [6, 6.07) is 7.96. The summed E-state index contributed by atoms with van der Waals surface area (Å²) >= 11 is 0. The molecule has 1 aliphatic rings. The number of nitrogens with one attached hydrogen (secondary N) is 1. The molecule has 0 aliphatic carbocycles. The van der Waals surface area contributed by atoms with E-state index >= 15 is 0 Å². The molecule has 0 saturated carbocycles. The first-order valence-corrected chi connectivity index (χ1v) is 5.51. The molecule has 15 heavy (non-hydrogen) atoms.